The fourth-order valence-electron chi connectivity index (χ4n) is 3.79. The van der Waals surface area contributed by atoms with Crippen molar-refractivity contribution in [2.45, 2.75) is 31.6 Å². The zero-order valence-electron chi connectivity index (χ0n) is 17.5. The van der Waals surface area contributed by atoms with Crippen molar-refractivity contribution in [3.63, 3.8) is 0 Å². The van der Waals surface area contributed by atoms with Crippen LogP contribution < -0.4 is 10.1 Å². The summed E-state index contributed by atoms with van der Waals surface area (Å²) in [5.74, 6) is -0.200. The zero-order valence-corrected chi connectivity index (χ0v) is 19.8. The quantitative estimate of drug-likeness (QED) is 0.630. The molecule has 1 N–H and O–H groups in total. The van der Waals surface area contributed by atoms with Crippen molar-refractivity contribution in [2.24, 2.45) is 5.92 Å². The van der Waals surface area contributed by atoms with Gasteiger partial charge in [-0.25, -0.2) is 12.7 Å². The molecule has 0 bridgehead atoms. The summed E-state index contributed by atoms with van der Waals surface area (Å²) in [7, 11) is -2.09. The molecule has 1 heterocycles. The number of amides is 1. The Morgan fingerprint density at radius 1 is 1.19 bits per heavy atom. The lowest BCUT2D eigenvalue weighted by molar-refractivity contribution is -0.126. The van der Waals surface area contributed by atoms with Gasteiger partial charge in [0.15, 0.2) is 0 Å². The van der Waals surface area contributed by atoms with Crippen LogP contribution in [0.4, 0.5) is 0 Å². The van der Waals surface area contributed by atoms with Crippen LogP contribution in [0.3, 0.4) is 0 Å². The first-order valence-electron chi connectivity index (χ1n) is 10.1. The van der Waals surface area contributed by atoms with Crippen LogP contribution >= 0.6 is 23.2 Å². The Morgan fingerprint density at radius 3 is 2.55 bits per heavy atom. The first-order chi connectivity index (χ1) is 14.7. The second kappa shape index (κ2) is 10.2. The van der Waals surface area contributed by atoms with Gasteiger partial charge in [-0.2, -0.15) is 0 Å². The van der Waals surface area contributed by atoms with E-state index >= 15 is 0 Å². The van der Waals surface area contributed by atoms with E-state index in [0.717, 1.165) is 5.56 Å². The number of rotatable bonds is 7. The van der Waals surface area contributed by atoms with Gasteiger partial charge in [-0.15, -0.1) is 0 Å². The summed E-state index contributed by atoms with van der Waals surface area (Å²) >= 11 is 12.3. The van der Waals surface area contributed by atoms with Crippen molar-refractivity contribution in [1.82, 2.24) is 9.62 Å². The number of benzene rings is 2. The van der Waals surface area contributed by atoms with Gasteiger partial charge in [0.2, 0.25) is 15.9 Å². The third-order valence-electron chi connectivity index (χ3n) is 5.50. The molecule has 2 aromatic carbocycles. The molecule has 0 spiro atoms. The Balaban J connectivity index is 1.68. The second-order valence-corrected chi connectivity index (χ2v) is 10.4. The van der Waals surface area contributed by atoms with Gasteiger partial charge in [0.25, 0.3) is 0 Å². The molecule has 1 aliphatic rings. The molecule has 9 heteroatoms. The van der Waals surface area contributed by atoms with Gasteiger partial charge in [-0.05, 0) is 38.0 Å². The fraction of sp³-hybridized carbons (Fsp3) is 0.409. The van der Waals surface area contributed by atoms with Crippen molar-refractivity contribution in [3.8, 4) is 5.75 Å². The number of para-hydroxylation sites is 1. The number of ether oxygens (including phenoxy) is 1. The Labute approximate surface area is 193 Å². The maximum atomic E-state index is 13.0. The summed E-state index contributed by atoms with van der Waals surface area (Å²) in [6.45, 7) is 2.39. The summed E-state index contributed by atoms with van der Waals surface area (Å²) in [4.78, 5) is 12.9. The minimum atomic E-state index is -3.67. The minimum Gasteiger partial charge on any atom is -0.496 e. The molecule has 0 radical (unpaired) electrons. The number of carbonyl (C=O) groups excluding carboxylic acids is 1. The Morgan fingerprint density at radius 2 is 1.87 bits per heavy atom. The standard InChI is InChI=1S/C22H26Cl2N2O4S/c1-15(17-8-3-4-11-21(17)30-2)25-22(27)16-7-6-12-26(13-16)31(28,29)14-18-19(23)9-5-10-20(18)24/h3-5,8-11,15-16H,6-7,12-14H2,1-2H3,(H,25,27)/t15-,16-/m1/s1. The van der Waals surface area contributed by atoms with Crippen molar-refractivity contribution in [1.29, 1.82) is 0 Å². The molecular weight excluding hydrogens is 459 g/mol. The molecule has 3 rings (SSSR count). The number of carbonyl (C=O) groups is 1. The maximum Gasteiger partial charge on any atom is 0.224 e. The number of hydrogen-bond donors (Lipinski definition) is 1. The van der Waals surface area contributed by atoms with Crippen molar-refractivity contribution in [3.05, 3.63) is 63.6 Å². The van der Waals surface area contributed by atoms with Crippen molar-refractivity contribution in [2.75, 3.05) is 20.2 Å². The topological polar surface area (TPSA) is 75.7 Å². The lowest BCUT2D eigenvalue weighted by Crippen LogP contribution is -2.46. The van der Waals surface area contributed by atoms with E-state index in [1.807, 2.05) is 31.2 Å². The van der Waals surface area contributed by atoms with Crippen LogP contribution in [-0.4, -0.2) is 38.8 Å². The Hall–Kier alpha value is -1.80. The highest BCUT2D eigenvalue weighted by Crippen LogP contribution is 2.30. The van der Waals surface area contributed by atoms with Crippen LogP contribution in [0.5, 0.6) is 5.75 Å². The Kier molecular flexibility index (Phi) is 7.86. The van der Waals surface area contributed by atoms with Crippen molar-refractivity contribution < 1.29 is 17.9 Å². The fourth-order valence-corrected chi connectivity index (χ4v) is 6.15. The molecule has 1 fully saturated rings. The van der Waals surface area contributed by atoms with E-state index in [4.69, 9.17) is 27.9 Å². The van der Waals surface area contributed by atoms with E-state index in [1.54, 1.807) is 25.3 Å². The third-order valence-corrected chi connectivity index (χ3v) is 7.98. The van der Waals surface area contributed by atoms with Crippen molar-refractivity contribution >= 4 is 39.1 Å². The number of hydrogen-bond acceptors (Lipinski definition) is 4. The Bertz CT molecular complexity index is 1030. The SMILES string of the molecule is COc1ccccc1[C@@H](C)NC(=O)[C@@H]1CCCN(S(=O)(=O)Cc2c(Cl)cccc2Cl)C1. The molecular formula is C22H26Cl2N2O4S. The zero-order chi connectivity index (χ0) is 22.6. The molecule has 1 saturated heterocycles. The molecule has 168 valence electrons. The van der Waals surface area contributed by atoms with E-state index < -0.39 is 15.9 Å². The molecule has 2 aromatic rings. The minimum absolute atomic E-state index is 0.134. The van der Waals surface area contributed by atoms with Gasteiger partial charge >= 0.3 is 0 Å². The van der Waals surface area contributed by atoms with Gasteiger partial charge in [0, 0.05) is 34.3 Å². The lowest BCUT2D eigenvalue weighted by atomic mass is 9.97. The van der Waals surface area contributed by atoms with Gasteiger partial charge in [0.1, 0.15) is 5.75 Å². The highest BCUT2D eigenvalue weighted by molar-refractivity contribution is 7.88. The molecule has 31 heavy (non-hydrogen) atoms. The van der Waals surface area contributed by atoms with Gasteiger partial charge in [-0.1, -0.05) is 47.5 Å². The molecule has 0 aromatic heterocycles. The molecule has 6 nitrogen and oxygen atoms in total. The molecule has 0 unspecified atom stereocenters. The number of nitrogens with zero attached hydrogens (tertiary/aromatic N) is 1. The number of piperidine rings is 1. The predicted octanol–water partition coefficient (Wildman–Crippen LogP) is 4.42. The molecule has 1 aliphatic heterocycles. The molecule has 0 saturated carbocycles. The average molecular weight is 485 g/mol. The number of nitrogens with one attached hydrogen (secondary N) is 1. The average Bonchev–Trinajstić information content (AvgIpc) is 2.76. The normalized spacial score (nSPS) is 18.4. The predicted molar refractivity (Wildman–Crippen MR) is 123 cm³/mol. The van der Waals surface area contributed by atoms with E-state index in [9.17, 15) is 13.2 Å². The van der Waals surface area contributed by atoms with E-state index in [0.29, 0.717) is 40.7 Å². The highest BCUT2D eigenvalue weighted by Gasteiger charge is 2.33. The summed E-state index contributed by atoms with van der Waals surface area (Å²) in [6.07, 6.45) is 1.24. The van der Waals surface area contributed by atoms with Gasteiger partial charge in [-0.3, -0.25) is 4.79 Å². The van der Waals surface area contributed by atoms with Gasteiger partial charge < -0.3 is 10.1 Å². The first-order valence-corrected chi connectivity index (χ1v) is 12.4. The summed E-state index contributed by atoms with van der Waals surface area (Å²) in [5, 5.41) is 3.62. The number of methoxy groups -OCH3 is 1. The van der Waals surface area contributed by atoms with Crippen LogP contribution in [0.1, 0.15) is 36.9 Å². The summed E-state index contributed by atoms with van der Waals surface area (Å²) < 4.78 is 32.8. The largest absolute Gasteiger partial charge is 0.496 e. The first kappa shape index (κ1) is 23.9. The number of sulfonamides is 1. The maximum absolute atomic E-state index is 13.0. The van der Waals surface area contributed by atoms with Crippen LogP contribution in [0, 0.1) is 5.92 Å². The molecule has 1 amide bonds. The lowest BCUT2D eigenvalue weighted by Gasteiger charge is -2.32. The molecule has 0 aliphatic carbocycles. The van der Waals surface area contributed by atoms with Crippen LogP contribution in [0.25, 0.3) is 0 Å². The van der Waals surface area contributed by atoms with E-state index in [2.05, 4.69) is 5.32 Å². The van der Waals surface area contributed by atoms with Crippen LogP contribution in [0.2, 0.25) is 10.0 Å². The van der Waals surface area contributed by atoms with E-state index in [-0.39, 0.29) is 24.2 Å². The highest BCUT2D eigenvalue weighted by atomic mass is 35.5. The van der Waals surface area contributed by atoms with E-state index in [1.165, 1.54) is 4.31 Å². The van der Waals surface area contributed by atoms with Crippen LogP contribution in [-0.2, 0) is 20.6 Å². The number of halogens is 2. The summed E-state index contributed by atoms with van der Waals surface area (Å²) in [5.41, 5.74) is 1.24. The van der Waals surface area contributed by atoms with Crippen LogP contribution in [0.15, 0.2) is 42.5 Å². The molecule has 2 atom stereocenters. The third kappa shape index (κ3) is 5.71. The second-order valence-electron chi connectivity index (χ2n) is 7.63. The smallest absolute Gasteiger partial charge is 0.224 e. The summed E-state index contributed by atoms with van der Waals surface area (Å²) in [6, 6.07) is 12.1. The monoisotopic (exact) mass is 484 g/mol. The van der Waals surface area contributed by atoms with Gasteiger partial charge in [0.05, 0.1) is 24.8 Å².